The van der Waals surface area contributed by atoms with Gasteiger partial charge < -0.3 is 15.2 Å². The molecule has 1 amide bonds. The van der Waals surface area contributed by atoms with Crippen LogP contribution in [-0.4, -0.2) is 41.7 Å². The summed E-state index contributed by atoms with van der Waals surface area (Å²) in [7, 11) is 0. The quantitative estimate of drug-likeness (QED) is 0.543. The summed E-state index contributed by atoms with van der Waals surface area (Å²) in [4.78, 5) is 24.8. The molecule has 0 aliphatic heterocycles. The molecule has 0 radical (unpaired) electrons. The molecule has 0 fully saturated rings. The number of carboxylic acids is 1. The first-order valence-corrected chi connectivity index (χ1v) is 4.79. The molecule has 0 spiro atoms. The predicted octanol–water partition coefficient (Wildman–Crippen LogP) is 0.0517. The normalized spacial score (nSPS) is 9.94. The van der Waals surface area contributed by atoms with Gasteiger partial charge in [-0.15, -0.1) is 0 Å². The summed E-state index contributed by atoms with van der Waals surface area (Å²) in [5, 5.41) is 10.6. The lowest BCUT2D eigenvalue weighted by Gasteiger charge is -2.05. The maximum Gasteiger partial charge on any atom is 0.329 e. The van der Waals surface area contributed by atoms with Crippen LogP contribution in [0.2, 0.25) is 0 Å². The number of nitrogens with zero attached hydrogens (tertiary/aromatic N) is 1. The molecule has 1 aromatic rings. The summed E-state index contributed by atoms with van der Waals surface area (Å²) in [5.41, 5.74) is -0.161. The Labute approximate surface area is 96.4 Å². The number of carbonyl (C=O) groups excluding carboxylic acids is 1. The molecule has 17 heavy (non-hydrogen) atoms. The highest BCUT2D eigenvalue weighted by molar-refractivity contribution is 5.94. The Kier molecular flexibility index (Phi) is 5.02. The fourth-order valence-corrected chi connectivity index (χ4v) is 1.05. The number of hydrogen-bond donors (Lipinski definition) is 2. The summed E-state index contributed by atoms with van der Waals surface area (Å²) in [6.45, 7) is -0.294. The fraction of sp³-hybridized carbons (Fsp3) is 0.300. The van der Waals surface area contributed by atoms with Gasteiger partial charge in [-0.25, -0.2) is 9.78 Å². The smallest absolute Gasteiger partial charge is 0.329 e. The lowest BCUT2D eigenvalue weighted by Crippen LogP contribution is -2.28. The molecule has 6 nitrogen and oxygen atoms in total. The van der Waals surface area contributed by atoms with E-state index >= 15 is 0 Å². The zero-order valence-corrected chi connectivity index (χ0v) is 8.85. The van der Waals surface area contributed by atoms with Crippen LogP contribution in [0.15, 0.2) is 18.3 Å². The second-order valence-corrected chi connectivity index (χ2v) is 3.04. The van der Waals surface area contributed by atoms with Crippen LogP contribution in [0, 0.1) is 5.95 Å². The highest BCUT2D eigenvalue weighted by Gasteiger charge is 2.10. The first kappa shape index (κ1) is 13.0. The molecule has 0 bridgehead atoms. The van der Waals surface area contributed by atoms with Crippen molar-refractivity contribution in [1.82, 2.24) is 10.3 Å². The predicted molar refractivity (Wildman–Crippen MR) is 55.0 cm³/mol. The van der Waals surface area contributed by atoms with Gasteiger partial charge in [0, 0.05) is 12.7 Å². The lowest BCUT2D eigenvalue weighted by atomic mass is 10.2. The number of amides is 1. The zero-order valence-electron chi connectivity index (χ0n) is 8.85. The van der Waals surface area contributed by atoms with E-state index in [0.717, 1.165) is 0 Å². The number of aromatic nitrogens is 1. The largest absolute Gasteiger partial charge is 0.480 e. The van der Waals surface area contributed by atoms with Crippen molar-refractivity contribution in [1.29, 1.82) is 0 Å². The van der Waals surface area contributed by atoms with Crippen molar-refractivity contribution in [3.05, 3.63) is 29.8 Å². The topological polar surface area (TPSA) is 88.5 Å². The number of pyridine rings is 1. The van der Waals surface area contributed by atoms with Crippen LogP contribution < -0.4 is 5.32 Å². The first-order valence-electron chi connectivity index (χ1n) is 4.79. The summed E-state index contributed by atoms with van der Waals surface area (Å²) < 4.78 is 17.7. The summed E-state index contributed by atoms with van der Waals surface area (Å²) in [6, 6.07) is 2.74. The second kappa shape index (κ2) is 6.54. The van der Waals surface area contributed by atoms with Gasteiger partial charge in [-0.1, -0.05) is 0 Å². The Morgan fingerprint density at radius 3 is 2.94 bits per heavy atom. The van der Waals surface area contributed by atoms with Crippen LogP contribution in [0.25, 0.3) is 0 Å². The van der Waals surface area contributed by atoms with E-state index < -0.39 is 24.4 Å². The maximum atomic E-state index is 13.0. The molecule has 1 rings (SSSR count). The fourth-order valence-electron chi connectivity index (χ4n) is 1.05. The van der Waals surface area contributed by atoms with E-state index in [2.05, 4.69) is 15.0 Å². The Hall–Kier alpha value is -2.02. The monoisotopic (exact) mass is 242 g/mol. The molecule has 0 aromatic carbocycles. The van der Waals surface area contributed by atoms with E-state index in [1.165, 1.54) is 18.3 Å². The lowest BCUT2D eigenvalue weighted by molar-refractivity contribution is -0.142. The Balaban J connectivity index is 2.31. The van der Waals surface area contributed by atoms with Crippen LogP contribution in [-0.2, 0) is 9.53 Å². The highest BCUT2D eigenvalue weighted by atomic mass is 19.1. The van der Waals surface area contributed by atoms with Crippen LogP contribution in [0.4, 0.5) is 4.39 Å². The summed E-state index contributed by atoms with van der Waals surface area (Å²) in [6.07, 6.45) is 1.24. The molecule has 0 saturated carbocycles. The molecular formula is C10H11FN2O4. The number of aliphatic carboxylic acids is 1. The first-order chi connectivity index (χ1) is 8.11. The number of halogens is 1. The minimum Gasteiger partial charge on any atom is -0.480 e. The molecule has 1 aromatic heterocycles. The zero-order chi connectivity index (χ0) is 12.7. The third-order valence-electron chi connectivity index (χ3n) is 1.76. The molecule has 0 unspecified atom stereocenters. The SMILES string of the molecule is O=C(O)COCCNC(=O)c1cccnc1F. The van der Waals surface area contributed by atoms with Crippen LogP contribution >= 0.6 is 0 Å². The van der Waals surface area contributed by atoms with Crippen LogP contribution in [0.3, 0.4) is 0 Å². The van der Waals surface area contributed by atoms with E-state index in [4.69, 9.17) is 5.11 Å². The van der Waals surface area contributed by atoms with Gasteiger partial charge in [-0.05, 0) is 12.1 Å². The molecule has 0 aliphatic carbocycles. The van der Waals surface area contributed by atoms with E-state index in [9.17, 15) is 14.0 Å². The van der Waals surface area contributed by atoms with Gasteiger partial charge in [0.25, 0.3) is 5.91 Å². The van der Waals surface area contributed by atoms with Gasteiger partial charge in [0.1, 0.15) is 6.61 Å². The number of nitrogens with one attached hydrogen (secondary N) is 1. The van der Waals surface area contributed by atoms with E-state index in [1.807, 2.05) is 0 Å². The summed E-state index contributed by atoms with van der Waals surface area (Å²) >= 11 is 0. The van der Waals surface area contributed by atoms with Gasteiger partial charge in [0.05, 0.1) is 12.2 Å². The minimum atomic E-state index is -1.09. The van der Waals surface area contributed by atoms with E-state index in [0.29, 0.717) is 0 Å². The third-order valence-corrected chi connectivity index (χ3v) is 1.76. The molecule has 92 valence electrons. The van der Waals surface area contributed by atoms with Gasteiger partial charge in [0.2, 0.25) is 5.95 Å². The molecule has 2 N–H and O–H groups in total. The van der Waals surface area contributed by atoms with Crippen molar-refractivity contribution < 1.29 is 23.8 Å². The molecule has 0 atom stereocenters. The standard InChI is InChI=1S/C10H11FN2O4/c11-9-7(2-1-3-12-9)10(16)13-4-5-17-6-8(14)15/h1-3H,4-6H2,(H,13,16)(H,14,15). The van der Waals surface area contributed by atoms with Gasteiger partial charge in [-0.3, -0.25) is 4.79 Å². The van der Waals surface area contributed by atoms with Gasteiger partial charge in [0.15, 0.2) is 0 Å². The molecule has 0 saturated heterocycles. The maximum absolute atomic E-state index is 13.0. The van der Waals surface area contributed by atoms with Gasteiger partial charge >= 0.3 is 5.97 Å². The highest BCUT2D eigenvalue weighted by Crippen LogP contribution is 2.01. The number of carboxylic acid groups (broad SMARTS) is 1. The number of carbonyl (C=O) groups is 2. The average molecular weight is 242 g/mol. The van der Waals surface area contributed by atoms with Crippen LogP contribution in [0.1, 0.15) is 10.4 Å². The molecule has 1 heterocycles. The Morgan fingerprint density at radius 2 is 2.29 bits per heavy atom. The van der Waals surface area contributed by atoms with Gasteiger partial charge in [-0.2, -0.15) is 4.39 Å². The number of rotatable bonds is 6. The molecular weight excluding hydrogens is 231 g/mol. The summed E-state index contributed by atoms with van der Waals surface area (Å²) in [5.74, 6) is -2.55. The third kappa shape index (κ3) is 4.56. The average Bonchev–Trinajstić information content (AvgIpc) is 2.28. The van der Waals surface area contributed by atoms with Crippen molar-refractivity contribution in [2.24, 2.45) is 0 Å². The van der Waals surface area contributed by atoms with Crippen molar-refractivity contribution in [2.45, 2.75) is 0 Å². The molecule has 7 heteroatoms. The number of hydrogen-bond acceptors (Lipinski definition) is 4. The second-order valence-electron chi connectivity index (χ2n) is 3.04. The number of ether oxygens (including phenoxy) is 1. The van der Waals surface area contributed by atoms with Crippen LogP contribution in [0.5, 0.6) is 0 Å². The van der Waals surface area contributed by atoms with E-state index in [1.54, 1.807) is 0 Å². The van der Waals surface area contributed by atoms with E-state index in [-0.39, 0.29) is 18.7 Å². The van der Waals surface area contributed by atoms with Crippen molar-refractivity contribution in [3.63, 3.8) is 0 Å². The Bertz CT molecular complexity index is 411. The van der Waals surface area contributed by atoms with Crippen molar-refractivity contribution >= 4 is 11.9 Å². The minimum absolute atomic E-state index is 0.0416. The van der Waals surface area contributed by atoms with Crippen molar-refractivity contribution in [2.75, 3.05) is 19.8 Å². The molecule has 0 aliphatic rings. The van der Waals surface area contributed by atoms with Crippen molar-refractivity contribution in [3.8, 4) is 0 Å². The Morgan fingerprint density at radius 1 is 1.53 bits per heavy atom.